The Balaban J connectivity index is 4.13. The Labute approximate surface area is 362 Å². The van der Waals surface area contributed by atoms with Crippen molar-refractivity contribution in [3.8, 4) is 0 Å². The molecule has 0 radical (unpaired) electrons. The molecule has 0 saturated heterocycles. The minimum atomic E-state index is -4.62. The third kappa shape index (κ3) is 44.3. The summed E-state index contributed by atoms with van der Waals surface area (Å²) in [6, 6.07) is -1.47. The minimum absolute atomic E-state index is 0.0157. The number of esters is 1. The van der Waals surface area contributed by atoms with Crippen LogP contribution < -0.4 is 5.73 Å². The highest BCUT2D eigenvalue weighted by Crippen LogP contribution is 2.43. The summed E-state index contributed by atoms with van der Waals surface area (Å²) >= 11 is 0. The third-order valence-electron chi connectivity index (χ3n) is 10.7. The van der Waals surface area contributed by atoms with Gasteiger partial charge in [0, 0.05) is 13.0 Å². The second kappa shape index (κ2) is 44.5. The normalized spacial score (nSPS) is 14.0. The molecule has 0 fully saturated rings. The predicted octanol–water partition coefficient (Wildman–Crippen LogP) is 13.9. The van der Waals surface area contributed by atoms with Gasteiger partial charge in [0.15, 0.2) is 0 Å². The van der Waals surface area contributed by atoms with E-state index in [0.29, 0.717) is 13.0 Å². The van der Waals surface area contributed by atoms with Crippen LogP contribution in [0, 0.1) is 0 Å². The number of carbonyl (C=O) groups is 2. The number of carboxylic acids is 1. The molecule has 3 unspecified atom stereocenters. The van der Waals surface area contributed by atoms with Gasteiger partial charge in [-0.15, -0.1) is 0 Å². The molecule has 0 aromatic rings. The fourth-order valence-corrected chi connectivity index (χ4v) is 7.67. The van der Waals surface area contributed by atoms with Crippen LogP contribution in [0.25, 0.3) is 0 Å². The summed E-state index contributed by atoms with van der Waals surface area (Å²) < 4.78 is 33.4. The van der Waals surface area contributed by atoms with Crippen LogP contribution in [0.4, 0.5) is 0 Å². The molecule has 0 aliphatic carbocycles. The standard InChI is InChI=1S/C48H92NO9P/c1-3-5-7-9-11-13-15-17-19-20-21-22-23-24-25-27-29-31-33-35-37-39-41-55-42-45(43-56-59(53,54)57-44-46(49)48(51)52)58-47(50)40-38-36-34-32-30-28-26-18-16-14-12-10-8-6-4-2/h18,20-21,26,45-46H,3-17,19,22-25,27-44,49H2,1-2H3,(H,51,52)(H,53,54)/b21-20-,26-18-. The van der Waals surface area contributed by atoms with Gasteiger partial charge >= 0.3 is 19.8 Å². The molecular weight excluding hydrogens is 766 g/mol. The molecule has 0 aliphatic heterocycles. The summed E-state index contributed by atoms with van der Waals surface area (Å²) in [5.41, 5.74) is 5.37. The van der Waals surface area contributed by atoms with Crippen molar-refractivity contribution < 1.29 is 42.7 Å². The van der Waals surface area contributed by atoms with Gasteiger partial charge in [-0.25, -0.2) is 4.57 Å². The Hall–Kier alpha value is -1.55. The zero-order chi connectivity index (χ0) is 43.3. The first-order chi connectivity index (χ1) is 28.7. The van der Waals surface area contributed by atoms with Gasteiger partial charge in [0.25, 0.3) is 0 Å². The van der Waals surface area contributed by atoms with Crippen LogP contribution in [0.3, 0.4) is 0 Å². The van der Waals surface area contributed by atoms with E-state index in [1.54, 1.807) is 0 Å². The first kappa shape index (κ1) is 57.4. The topological polar surface area (TPSA) is 155 Å². The number of hydrogen-bond donors (Lipinski definition) is 3. The van der Waals surface area contributed by atoms with Gasteiger partial charge in [-0.1, -0.05) is 186 Å². The van der Waals surface area contributed by atoms with Crippen molar-refractivity contribution in [1.82, 2.24) is 0 Å². The smallest absolute Gasteiger partial charge is 0.472 e. The third-order valence-corrected chi connectivity index (χ3v) is 11.7. The number of phosphoric ester groups is 1. The summed E-state index contributed by atoms with van der Waals surface area (Å²) in [5.74, 6) is -1.78. The van der Waals surface area contributed by atoms with Crippen LogP contribution in [0.2, 0.25) is 0 Å². The van der Waals surface area contributed by atoms with E-state index < -0.39 is 45.1 Å². The van der Waals surface area contributed by atoms with Crippen molar-refractivity contribution in [3.63, 3.8) is 0 Å². The second-order valence-electron chi connectivity index (χ2n) is 16.6. The summed E-state index contributed by atoms with van der Waals surface area (Å²) in [6.07, 6.45) is 49.5. The van der Waals surface area contributed by atoms with Crippen LogP contribution in [0.1, 0.15) is 232 Å². The van der Waals surface area contributed by atoms with Gasteiger partial charge in [0.2, 0.25) is 0 Å². The monoisotopic (exact) mass is 858 g/mol. The summed E-state index contributed by atoms with van der Waals surface area (Å²) in [7, 11) is -4.62. The SMILES string of the molecule is CCCCCCCC/C=C\CCCCCCCC(=O)OC(COCCCCCCCCCCCC/C=C\CCCCCCCCCC)COP(=O)(O)OCC(N)C(=O)O. The fraction of sp³-hybridized carbons (Fsp3) is 0.875. The van der Waals surface area contributed by atoms with Crippen molar-refractivity contribution >= 4 is 19.8 Å². The fourth-order valence-electron chi connectivity index (χ4n) is 6.89. The van der Waals surface area contributed by atoms with E-state index in [0.717, 1.165) is 51.4 Å². The van der Waals surface area contributed by atoms with E-state index >= 15 is 0 Å². The van der Waals surface area contributed by atoms with Crippen molar-refractivity contribution in [1.29, 1.82) is 0 Å². The van der Waals surface area contributed by atoms with Gasteiger partial charge in [-0.05, 0) is 64.2 Å². The molecule has 3 atom stereocenters. The molecule has 0 rings (SSSR count). The van der Waals surface area contributed by atoms with Gasteiger partial charge in [0.1, 0.15) is 12.1 Å². The lowest BCUT2D eigenvalue weighted by Crippen LogP contribution is -2.34. The number of rotatable bonds is 47. The maximum Gasteiger partial charge on any atom is 0.472 e. The molecule has 0 amide bonds. The molecule has 0 bridgehead atoms. The summed E-state index contributed by atoms with van der Waals surface area (Å²) in [6.45, 7) is 3.89. The quantitative estimate of drug-likeness (QED) is 0.0233. The number of phosphoric acid groups is 1. The van der Waals surface area contributed by atoms with Crippen LogP contribution in [0.15, 0.2) is 24.3 Å². The lowest BCUT2D eigenvalue weighted by molar-refractivity contribution is -0.154. The predicted molar refractivity (Wildman–Crippen MR) is 245 cm³/mol. The van der Waals surface area contributed by atoms with E-state index in [1.807, 2.05) is 0 Å². The van der Waals surface area contributed by atoms with Gasteiger partial charge in [0.05, 0.1) is 19.8 Å². The summed E-state index contributed by atoms with van der Waals surface area (Å²) in [4.78, 5) is 33.6. The highest BCUT2D eigenvalue weighted by atomic mass is 31.2. The number of allylic oxidation sites excluding steroid dienone is 4. The molecule has 10 nitrogen and oxygen atoms in total. The van der Waals surface area contributed by atoms with Crippen LogP contribution in [0.5, 0.6) is 0 Å². The lowest BCUT2D eigenvalue weighted by Gasteiger charge is -2.20. The lowest BCUT2D eigenvalue weighted by atomic mass is 10.1. The minimum Gasteiger partial charge on any atom is -0.480 e. The molecule has 4 N–H and O–H groups in total. The summed E-state index contributed by atoms with van der Waals surface area (Å²) in [5, 5.41) is 8.91. The van der Waals surface area contributed by atoms with Gasteiger partial charge in [-0.3, -0.25) is 18.6 Å². The first-order valence-corrected chi connectivity index (χ1v) is 25.9. The van der Waals surface area contributed by atoms with Crippen molar-refractivity contribution in [3.05, 3.63) is 24.3 Å². The molecule has 11 heteroatoms. The van der Waals surface area contributed by atoms with Crippen LogP contribution in [-0.4, -0.2) is 60.5 Å². The van der Waals surface area contributed by atoms with Crippen molar-refractivity contribution in [2.45, 2.75) is 244 Å². The maximum absolute atomic E-state index is 12.6. The molecule has 0 heterocycles. The number of nitrogens with two attached hydrogens (primary N) is 1. The van der Waals surface area contributed by atoms with E-state index in [2.05, 4.69) is 38.2 Å². The average molecular weight is 858 g/mol. The van der Waals surface area contributed by atoms with Crippen LogP contribution in [-0.2, 0) is 32.7 Å². The highest BCUT2D eigenvalue weighted by molar-refractivity contribution is 7.47. The molecule has 0 aromatic heterocycles. The van der Waals surface area contributed by atoms with Gasteiger partial charge in [-0.2, -0.15) is 0 Å². The Morgan fingerprint density at radius 3 is 1.29 bits per heavy atom. The molecule has 0 spiro atoms. The first-order valence-electron chi connectivity index (χ1n) is 24.4. The Kier molecular flexibility index (Phi) is 43.3. The van der Waals surface area contributed by atoms with Crippen molar-refractivity contribution in [2.75, 3.05) is 26.4 Å². The van der Waals surface area contributed by atoms with Crippen molar-refractivity contribution in [2.24, 2.45) is 5.73 Å². The second-order valence-corrected chi connectivity index (χ2v) is 18.0. The number of ether oxygens (including phenoxy) is 2. The van der Waals surface area contributed by atoms with Crippen LogP contribution >= 0.6 is 7.82 Å². The number of aliphatic carboxylic acids is 1. The highest BCUT2D eigenvalue weighted by Gasteiger charge is 2.27. The number of unbranched alkanes of at least 4 members (excludes halogenated alkanes) is 29. The molecule has 0 saturated carbocycles. The Morgan fingerprint density at radius 1 is 0.525 bits per heavy atom. The van der Waals surface area contributed by atoms with E-state index in [4.69, 9.17) is 29.4 Å². The average Bonchev–Trinajstić information content (AvgIpc) is 3.21. The molecule has 0 aromatic carbocycles. The van der Waals surface area contributed by atoms with E-state index in [9.17, 15) is 19.0 Å². The Morgan fingerprint density at radius 2 is 0.881 bits per heavy atom. The number of carboxylic acid groups (broad SMARTS) is 1. The zero-order valence-corrected chi connectivity index (χ0v) is 39.0. The van der Waals surface area contributed by atoms with E-state index in [-0.39, 0.29) is 13.0 Å². The molecule has 0 aliphatic rings. The molecular formula is C48H92NO9P. The molecule has 59 heavy (non-hydrogen) atoms. The number of carbonyl (C=O) groups excluding carboxylic acids is 1. The largest absolute Gasteiger partial charge is 0.480 e. The number of hydrogen-bond acceptors (Lipinski definition) is 8. The molecule has 348 valence electrons. The van der Waals surface area contributed by atoms with E-state index in [1.165, 1.54) is 154 Å². The Bertz CT molecular complexity index is 1040. The maximum atomic E-state index is 12.6. The zero-order valence-electron chi connectivity index (χ0n) is 38.1. The van der Waals surface area contributed by atoms with Gasteiger partial charge < -0.3 is 25.2 Å².